The van der Waals surface area contributed by atoms with Gasteiger partial charge in [0, 0.05) is 12.1 Å². The summed E-state index contributed by atoms with van der Waals surface area (Å²) in [5, 5.41) is 12.3. The fraction of sp³-hybridized carbons (Fsp3) is 0.500. The van der Waals surface area contributed by atoms with Crippen LogP contribution in [0, 0.1) is 5.82 Å². The van der Waals surface area contributed by atoms with Crippen LogP contribution in [0.4, 0.5) is 4.39 Å². The van der Waals surface area contributed by atoms with Crippen LogP contribution in [0.3, 0.4) is 0 Å². The molecule has 1 amide bonds. The molecule has 106 valence electrons. The Morgan fingerprint density at radius 2 is 2.16 bits per heavy atom. The molecule has 4 nitrogen and oxygen atoms in total. The molecular formula is C14H20FNO3. The molecule has 0 radical (unpaired) electrons. The predicted molar refractivity (Wildman–Crippen MR) is 70.4 cm³/mol. The highest BCUT2D eigenvalue weighted by atomic mass is 19.1. The standard InChI is InChI=1S/C14H20FNO3/c1-4-7-16-14(18)10(3)19-13-6-5-11(15)8-12(13)9(2)17/h5-6,8-10,17H,4,7H2,1-3H3,(H,16,18). The Balaban J connectivity index is 2.78. The first-order valence-corrected chi connectivity index (χ1v) is 6.37. The number of aliphatic hydroxyl groups is 1. The lowest BCUT2D eigenvalue weighted by atomic mass is 10.1. The Bertz CT molecular complexity index is 435. The third-order valence-electron chi connectivity index (χ3n) is 2.64. The van der Waals surface area contributed by atoms with Crippen LogP contribution in [0.1, 0.15) is 38.9 Å². The van der Waals surface area contributed by atoms with Gasteiger partial charge in [0.25, 0.3) is 5.91 Å². The highest BCUT2D eigenvalue weighted by Crippen LogP contribution is 2.26. The fourth-order valence-corrected chi connectivity index (χ4v) is 1.59. The largest absolute Gasteiger partial charge is 0.481 e. The number of ether oxygens (including phenoxy) is 1. The van der Waals surface area contributed by atoms with Gasteiger partial charge in [-0.05, 0) is 38.5 Å². The number of nitrogens with one attached hydrogen (secondary N) is 1. The second-order valence-electron chi connectivity index (χ2n) is 4.41. The molecule has 0 spiro atoms. The number of halogens is 1. The van der Waals surface area contributed by atoms with E-state index in [1.165, 1.54) is 25.1 Å². The lowest BCUT2D eigenvalue weighted by molar-refractivity contribution is -0.127. The number of carbonyl (C=O) groups is 1. The second kappa shape index (κ2) is 7.09. The lowest BCUT2D eigenvalue weighted by Crippen LogP contribution is -2.36. The maximum Gasteiger partial charge on any atom is 0.260 e. The molecule has 1 aromatic rings. The number of aliphatic hydroxyl groups excluding tert-OH is 1. The van der Waals surface area contributed by atoms with Crippen LogP contribution in [0.2, 0.25) is 0 Å². The van der Waals surface area contributed by atoms with Gasteiger partial charge in [0.15, 0.2) is 6.10 Å². The van der Waals surface area contributed by atoms with E-state index in [4.69, 9.17) is 4.74 Å². The van der Waals surface area contributed by atoms with Crippen LogP contribution >= 0.6 is 0 Å². The first-order valence-electron chi connectivity index (χ1n) is 6.37. The Labute approximate surface area is 112 Å². The number of hydrogen-bond donors (Lipinski definition) is 2. The number of carbonyl (C=O) groups excluding carboxylic acids is 1. The van der Waals surface area contributed by atoms with E-state index in [2.05, 4.69) is 5.32 Å². The molecule has 0 aromatic heterocycles. The third kappa shape index (κ3) is 4.52. The molecule has 1 rings (SSSR count). The molecule has 2 N–H and O–H groups in total. The molecular weight excluding hydrogens is 249 g/mol. The molecule has 0 fully saturated rings. The molecule has 0 aliphatic carbocycles. The van der Waals surface area contributed by atoms with E-state index in [-0.39, 0.29) is 5.91 Å². The van der Waals surface area contributed by atoms with E-state index in [1.807, 2.05) is 6.92 Å². The zero-order chi connectivity index (χ0) is 14.4. The minimum absolute atomic E-state index is 0.234. The SMILES string of the molecule is CCCNC(=O)C(C)Oc1ccc(F)cc1C(C)O. The summed E-state index contributed by atoms with van der Waals surface area (Å²) in [6, 6.07) is 3.86. The summed E-state index contributed by atoms with van der Waals surface area (Å²) in [6.07, 6.45) is -0.723. The normalized spacial score (nSPS) is 13.7. The zero-order valence-corrected chi connectivity index (χ0v) is 11.4. The van der Waals surface area contributed by atoms with Crippen LogP contribution in [-0.4, -0.2) is 23.7 Å². The summed E-state index contributed by atoms with van der Waals surface area (Å²) in [5.74, 6) is -0.371. The van der Waals surface area contributed by atoms with Crippen molar-refractivity contribution in [2.75, 3.05) is 6.54 Å². The van der Waals surface area contributed by atoms with Gasteiger partial charge < -0.3 is 15.2 Å². The average Bonchev–Trinajstić information content (AvgIpc) is 2.37. The van der Waals surface area contributed by atoms with Crippen molar-refractivity contribution in [1.82, 2.24) is 5.32 Å². The first kappa shape index (κ1) is 15.4. The van der Waals surface area contributed by atoms with Gasteiger partial charge >= 0.3 is 0 Å². The topological polar surface area (TPSA) is 58.6 Å². The smallest absolute Gasteiger partial charge is 0.260 e. The molecule has 0 aliphatic rings. The molecule has 1 aromatic carbocycles. The first-order chi connectivity index (χ1) is 8.95. The monoisotopic (exact) mass is 269 g/mol. The minimum atomic E-state index is -0.864. The maximum absolute atomic E-state index is 13.1. The second-order valence-corrected chi connectivity index (χ2v) is 4.41. The van der Waals surface area contributed by atoms with Crippen molar-refractivity contribution in [2.24, 2.45) is 0 Å². The Hall–Kier alpha value is -1.62. The predicted octanol–water partition coefficient (Wildman–Crippen LogP) is 2.17. The number of hydrogen-bond acceptors (Lipinski definition) is 3. The molecule has 0 bridgehead atoms. The van der Waals surface area contributed by atoms with Crippen molar-refractivity contribution in [3.63, 3.8) is 0 Å². The van der Waals surface area contributed by atoms with Crippen LogP contribution in [0.15, 0.2) is 18.2 Å². The van der Waals surface area contributed by atoms with Crippen LogP contribution < -0.4 is 10.1 Å². The Morgan fingerprint density at radius 1 is 1.47 bits per heavy atom. The molecule has 0 saturated carbocycles. The molecule has 0 heterocycles. The lowest BCUT2D eigenvalue weighted by Gasteiger charge is -2.18. The van der Waals surface area contributed by atoms with Crippen molar-refractivity contribution in [1.29, 1.82) is 0 Å². The van der Waals surface area contributed by atoms with Gasteiger partial charge in [-0.2, -0.15) is 0 Å². The van der Waals surface area contributed by atoms with Gasteiger partial charge in [-0.15, -0.1) is 0 Å². The number of benzene rings is 1. The van der Waals surface area contributed by atoms with Crippen molar-refractivity contribution in [3.05, 3.63) is 29.6 Å². The molecule has 2 atom stereocenters. The molecule has 2 unspecified atom stereocenters. The van der Waals surface area contributed by atoms with Gasteiger partial charge in [-0.25, -0.2) is 4.39 Å². The summed E-state index contributed by atoms with van der Waals surface area (Å²) >= 11 is 0. The van der Waals surface area contributed by atoms with Gasteiger partial charge in [-0.1, -0.05) is 6.92 Å². The zero-order valence-electron chi connectivity index (χ0n) is 11.4. The quantitative estimate of drug-likeness (QED) is 0.832. The van der Waals surface area contributed by atoms with E-state index in [1.54, 1.807) is 6.92 Å². The third-order valence-corrected chi connectivity index (χ3v) is 2.64. The van der Waals surface area contributed by atoms with Crippen LogP contribution in [-0.2, 0) is 4.79 Å². The Kier molecular flexibility index (Phi) is 5.76. The van der Waals surface area contributed by atoms with E-state index in [0.29, 0.717) is 17.9 Å². The van der Waals surface area contributed by atoms with Crippen molar-refractivity contribution in [3.8, 4) is 5.75 Å². The molecule has 0 saturated heterocycles. The summed E-state index contributed by atoms with van der Waals surface area (Å²) in [4.78, 5) is 11.7. The Morgan fingerprint density at radius 3 is 2.74 bits per heavy atom. The van der Waals surface area contributed by atoms with Gasteiger partial charge in [0.1, 0.15) is 11.6 Å². The van der Waals surface area contributed by atoms with E-state index < -0.39 is 18.0 Å². The van der Waals surface area contributed by atoms with E-state index in [9.17, 15) is 14.3 Å². The maximum atomic E-state index is 13.1. The molecule has 5 heteroatoms. The van der Waals surface area contributed by atoms with E-state index in [0.717, 1.165) is 6.42 Å². The number of rotatable bonds is 6. The van der Waals surface area contributed by atoms with Crippen LogP contribution in [0.25, 0.3) is 0 Å². The minimum Gasteiger partial charge on any atom is -0.481 e. The summed E-state index contributed by atoms with van der Waals surface area (Å²) < 4.78 is 18.6. The van der Waals surface area contributed by atoms with Gasteiger partial charge in [0.05, 0.1) is 6.10 Å². The highest BCUT2D eigenvalue weighted by molar-refractivity contribution is 5.80. The van der Waals surface area contributed by atoms with Gasteiger partial charge in [0.2, 0.25) is 0 Å². The van der Waals surface area contributed by atoms with E-state index >= 15 is 0 Å². The average molecular weight is 269 g/mol. The summed E-state index contributed by atoms with van der Waals surface area (Å²) in [6.45, 7) is 5.67. The van der Waals surface area contributed by atoms with Crippen molar-refractivity contribution < 1.29 is 19.0 Å². The van der Waals surface area contributed by atoms with Crippen molar-refractivity contribution >= 4 is 5.91 Å². The van der Waals surface area contributed by atoms with Crippen molar-refractivity contribution in [2.45, 2.75) is 39.4 Å². The summed E-state index contributed by atoms with van der Waals surface area (Å²) in [7, 11) is 0. The highest BCUT2D eigenvalue weighted by Gasteiger charge is 2.17. The van der Waals surface area contributed by atoms with Gasteiger partial charge in [-0.3, -0.25) is 4.79 Å². The summed E-state index contributed by atoms with van der Waals surface area (Å²) in [5.41, 5.74) is 0.329. The number of amides is 1. The molecule has 0 aliphatic heterocycles. The fourth-order valence-electron chi connectivity index (χ4n) is 1.59. The van der Waals surface area contributed by atoms with Crippen LogP contribution in [0.5, 0.6) is 5.75 Å². The molecule has 19 heavy (non-hydrogen) atoms.